The summed E-state index contributed by atoms with van der Waals surface area (Å²) in [7, 11) is -14.9. The Kier molecular flexibility index (Phi) is 56.6. The molecule has 0 unspecified atom stereocenters. The fraction of sp³-hybridized carbons (Fsp3) is 0.507. The predicted molar refractivity (Wildman–Crippen MR) is 412 cm³/mol. The molecule has 2 saturated heterocycles. The van der Waals surface area contributed by atoms with E-state index in [2.05, 4.69) is 4.89 Å². The summed E-state index contributed by atoms with van der Waals surface area (Å²) >= 11 is 0. The molecule has 117 heavy (non-hydrogen) atoms. The zero-order valence-corrected chi connectivity index (χ0v) is 84.1. The van der Waals surface area contributed by atoms with E-state index >= 15 is 0 Å². The number of halogens is 1. The van der Waals surface area contributed by atoms with Gasteiger partial charge in [-0.25, -0.2) is 8.42 Å². The molecular weight excluding hydrogens is 1910 g/mol. The summed E-state index contributed by atoms with van der Waals surface area (Å²) in [6.45, 7) is 11.2. The maximum absolute atomic E-state index is 12.7. The van der Waals surface area contributed by atoms with Crippen molar-refractivity contribution in [2.45, 2.75) is 78.6 Å². The van der Waals surface area contributed by atoms with Crippen molar-refractivity contribution in [3.05, 3.63) is 178 Å². The summed E-state index contributed by atoms with van der Waals surface area (Å²) < 4.78 is 211. The maximum Gasteiger partial charge on any atom is 1.00 e. The summed E-state index contributed by atoms with van der Waals surface area (Å²) in [5, 5.41) is 53.9. The molecule has 5 N–H and O–H groups in total. The Morgan fingerprint density at radius 1 is 0.368 bits per heavy atom. The van der Waals surface area contributed by atoms with Gasteiger partial charge in [-0.15, -0.1) is 0 Å². The molecule has 6 aromatic rings. The third kappa shape index (κ3) is 43.6. The third-order valence-corrected chi connectivity index (χ3v) is 22.4. The fourth-order valence-corrected chi connectivity index (χ4v) is 14.3. The van der Waals surface area contributed by atoms with Gasteiger partial charge >= 0.3 is 138 Å². The number of hydrogen-bond acceptors (Lipinski definition) is 34. The molecular formula is C75H105ClCs2O34S5. The van der Waals surface area contributed by atoms with E-state index in [0.717, 1.165) is 33.4 Å². The van der Waals surface area contributed by atoms with Crippen molar-refractivity contribution in [3.8, 4) is 5.75 Å². The van der Waals surface area contributed by atoms with Crippen LogP contribution >= 0.6 is 10.7 Å². The second kappa shape index (κ2) is 59.7. The van der Waals surface area contributed by atoms with Crippen LogP contribution < -0.4 is 143 Å². The molecule has 0 bridgehead atoms. The number of phenols is 1. The SMILES string of the molecule is Cc1cc(C2OCCO2)c(O)c(C2OCCO2)c1.Cc1ccc(S(=O)(=O)Cl)cc1.Cc1ccc(S(=O)(=O)OCCOCC(COCCOS(=O)(=O)c2ccc(C)cc2)(COCCOS(=O)(=O)c2ccc(C)cc2)COCCOS(=O)(=O)c2ccc(C)cc2)cc1.O=CO[O-].OCCOCC(COCCO)(COCCO)COCCO.[Cs+].[Cs+].[H-]. The van der Waals surface area contributed by atoms with E-state index in [1.54, 1.807) is 60.7 Å². The van der Waals surface area contributed by atoms with Crippen molar-refractivity contribution < 1.29 is 295 Å². The number of rotatable bonds is 48. The number of ether oxygens (including phenoxy) is 12. The molecule has 2 aliphatic heterocycles. The van der Waals surface area contributed by atoms with Crippen LogP contribution in [0.4, 0.5) is 0 Å². The number of phenolic OH excluding ortho intramolecular Hbond substituents is 1. The maximum atomic E-state index is 12.7. The third-order valence-electron chi connectivity index (χ3n) is 15.7. The van der Waals surface area contributed by atoms with Crippen LogP contribution in [-0.2, 0) is 133 Å². The van der Waals surface area contributed by atoms with Crippen molar-refractivity contribution in [3.63, 3.8) is 0 Å². The van der Waals surface area contributed by atoms with Gasteiger partial charge in [-0.3, -0.25) is 21.5 Å². The van der Waals surface area contributed by atoms with E-state index < -0.39 is 72.9 Å². The van der Waals surface area contributed by atoms with Crippen LogP contribution in [0.3, 0.4) is 0 Å². The summed E-state index contributed by atoms with van der Waals surface area (Å²) in [4.78, 5) is 11.3. The standard InChI is InChI=1S/C41H52O16S4.C13H28O8.C13H16O5.C7H7ClO2S.CH2O3.2Cs.H/c1-33-5-13-37(14-6-33)58(42,43)54-25-21-50-29-41(30-51-22-26-55-59(44,45)38-15-7-34(2)8-16-38,31-52-23-27-56-60(46,47)39-17-9-35(3)10-18-39)32-53-24-28-57-61(48,49)40-19-11-36(4)12-20-40;14-1-5-18-9-13(10-19-6-2-15,11-20-7-3-16)12-21-8-4-17;1-8-6-9(12-15-2-3-16-12)11(14)10(7-8)13-17-4-5-18-13;1-6-2-4-7(5-3-6)11(8,9)10;2-1-4-3;;;/h5-20H,21-32H2,1-4H3;14-17H,1-12H2;6-7,12-14H,2-5H2,1H3;2-5H,1H3;1,3H;;;/q;;;;;2*+1;-1/p-1. The number of benzene rings is 6. The van der Waals surface area contributed by atoms with Crippen LogP contribution in [0.1, 0.15) is 58.5 Å². The van der Waals surface area contributed by atoms with Gasteiger partial charge in [0.25, 0.3) is 56.0 Å². The monoisotopic (exact) mass is 2010 g/mol. The molecule has 2 heterocycles. The van der Waals surface area contributed by atoms with Gasteiger partial charge in [-0.05, 0) is 120 Å². The Morgan fingerprint density at radius 2 is 0.564 bits per heavy atom. The molecule has 6 aromatic carbocycles. The second-order valence-corrected chi connectivity index (χ2v) is 34.6. The zero-order valence-electron chi connectivity index (χ0n) is 67.7. The van der Waals surface area contributed by atoms with Crippen LogP contribution in [0.2, 0.25) is 0 Å². The van der Waals surface area contributed by atoms with Crippen molar-refractivity contribution >= 4 is 66.7 Å². The molecule has 0 saturated carbocycles. The minimum absolute atomic E-state index is 0. The van der Waals surface area contributed by atoms with Crippen molar-refractivity contribution in [2.24, 2.45) is 10.8 Å². The second-order valence-electron chi connectivity index (χ2n) is 25.6. The van der Waals surface area contributed by atoms with Gasteiger partial charge in [-0.2, -0.15) is 33.7 Å². The molecule has 0 spiro atoms. The van der Waals surface area contributed by atoms with Gasteiger partial charge < -0.3 is 93.9 Å². The average Bonchev–Trinajstić information content (AvgIpc) is 1.53. The Labute approximate surface area is 809 Å². The van der Waals surface area contributed by atoms with Crippen molar-refractivity contribution in [1.82, 2.24) is 0 Å². The molecule has 2 fully saturated rings. The molecule has 0 aromatic heterocycles. The number of carbonyl (C=O) groups excluding carboxylic acids is 1. The molecule has 0 amide bonds. The van der Waals surface area contributed by atoms with Crippen molar-refractivity contribution in [1.29, 1.82) is 0 Å². The number of aryl methyl sites for hydroxylation is 6. The zero-order chi connectivity index (χ0) is 84.8. The first-order valence-electron chi connectivity index (χ1n) is 35.7. The van der Waals surface area contributed by atoms with Gasteiger partial charge in [0.1, 0.15) is 5.75 Å². The van der Waals surface area contributed by atoms with Gasteiger partial charge in [-0.1, -0.05) is 88.5 Å². The summed E-state index contributed by atoms with van der Waals surface area (Å²) in [6, 6.07) is 34.5. The number of carbonyl (C=O) groups is 1. The van der Waals surface area contributed by atoms with Crippen LogP contribution in [0.5, 0.6) is 5.75 Å². The minimum Gasteiger partial charge on any atom is -1.00 e. The Balaban J connectivity index is 0.000000978. The first kappa shape index (κ1) is 111. The summed E-state index contributed by atoms with van der Waals surface area (Å²) in [5.41, 5.74) is 4.89. The number of aromatic hydroxyl groups is 1. The van der Waals surface area contributed by atoms with Crippen LogP contribution in [0.25, 0.3) is 0 Å². The molecule has 2 aliphatic rings. The number of aliphatic hydroxyl groups excluding tert-OH is 4. The average molecular weight is 2010 g/mol. The number of aliphatic hydroxyl groups is 4. The molecule has 34 nitrogen and oxygen atoms in total. The van der Waals surface area contributed by atoms with Crippen molar-refractivity contribution in [2.75, 3.05) is 185 Å². The first-order chi connectivity index (χ1) is 54.7. The molecule has 0 radical (unpaired) electrons. The Bertz CT molecular complexity index is 3900. The molecule has 648 valence electrons. The molecule has 8 rings (SSSR count). The largest absolute Gasteiger partial charge is 1.00 e. The van der Waals surface area contributed by atoms with Gasteiger partial charge in [0.05, 0.1) is 231 Å². The normalized spacial score (nSPS) is 13.4. The first-order valence-corrected chi connectivity index (χ1v) is 43.6. The smallest absolute Gasteiger partial charge is 1.00 e. The van der Waals surface area contributed by atoms with Crippen LogP contribution in [-0.4, -0.2) is 259 Å². The van der Waals surface area contributed by atoms with Crippen LogP contribution in [0, 0.1) is 52.4 Å². The minimum atomic E-state index is -4.10. The molecule has 0 aliphatic carbocycles. The molecule has 0 atom stereocenters. The van der Waals surface area contributed by atoms with E-state index in [9.17, 15) is 47.2 Å². The van der Waals surface area contributed by atoms with Gasteiger partial charge in [0.15, 0.2) is 12.6 Å². The summed E-state index contributed by atoms with van der Waals surface area (Å²) in [6.07, 6.45) is -0.991. The van der Waals surface area contributed by atoms with E-state index in [-0.39, 0.29) is 334 Å². The molecule has 42 heteroatoms. The number of hydrogen-bond donors (Lipinski definition) is 5. The quantitative estimate of drug-likeness (QED) is 0.00777. The van der Waals surface area contributed by atoms with Crippen LogP contribution in [0.15, 0.2) is 158 Å². The Hall–Kier alpha value is -2.11. The van der Waals surface area contributed by atoms with E-state index in [0.29, 0.717) is 37.6 Å². The van der Waals surface area contributed by atoms with Gasteiger partial charge in [0.2, 0.25) is 0 Å². The van der Waals surface area contributed by atoms with E-state index in [1.165, 1.54) is 60.7 Å². The van der Waals surface area contributed by atoms with E-state index in [1.807, 2.05) is 53.7 Å². The van der Waals surface area contributed by atoms with Gasteiger partial charge in [0, 0.05) is 10.7 Å². The fourth-order valence-electron chi connectivity index (χ4n) is 9.94. The topological polar surface area (TPSA) is 469 Å². The summed E-state index contributed by atoms with van der Waals surface area (Å²) in [5.74, 6) is 0.138. The Morgan fingerprint density at radius 3 is 0.752 bits per heavy atom. The predicted octanol–water partition coefficient (Wildman–Crippen LogP) is -0.828. The van der Waals surface area contributed by atoms with E-state index in [4.69, 9.17) is 115 Å².